The molecule has 1 unspecified atom stereocenters. The fraction of sp³-hybridized carbons (Fsp3) is 0.400. The highest BCUT2D eigenvalue weighted by Gasteiger charge is 2.35. The van der Waals surface area contributed by atoms with Crippen molar-refractivity contribution in [3.63, 3.8) is 0 Å². The van der Waals surface area contributed by atoms with Gasteiger partial charge in [0.1, 0.15) is 17.3 Å². The number of nitrogens with one attached hydrogen (secondary N) is 1. The van der Waals surface area contributed by atoms with Gasteiger partial charge in [0.25, 0.3) is 6.43 Å². The van der Waals surface area contributed by atoms with Gasteiger partial charge in [-0.3, -0.25) is 4.68 Å². The molecule has 1 N–H and O–H groups in total. The smallest absolute Gasteiger partial charge is 0.257 e. The van der Waals surface area contributed by atoms with E-state index in [1.54, 1.807) is 6.07 Å². The van der Waals surface area contributed by atoms with Crippen molar-refractivity contribution in [3.8, 4) is 0 Å². The first-order chi connectivity index (χ1) is 11.9. The Morgan fingerprint density at radius 1 is 1.36 bits per heavy atom. The summed E-state index contributed by atoms with van der Waals surface area (Å²) < 4.78 is 66.4. The third kappa shape index (κ3) is 3.86. The van der Waals surface area contributed by atoms with Gasteiger partial charge in [-0.05, 0) is 17.7 Å². The molecule has 10 heteroatoms. The maximum absolute atomic E-state index is 13.5. The maximum Gasteiger partial charge on any atom is 0.257 e. The lowest BCUT2D eigenvalue weighted by atomic mass is 10.1. The van der Waals surface area contributed by atoms with Crippen molar-refractivity contribution >= 4 is 10.0 Å². The van der Waals surface area contributed by atoms with E-state index in [0.717, 1.165) is 17.1 Å². The highest BCUT2D eigenvalue weighted by molar-refractivity contribution is 7.89. The number of rotatable bonds is 5. The fourth-order valence-electron chi connectivity index (χ4n) is 2.83. The van der Waals surface area contributed by atoms with Gasteiger partial charge in [0.15, 0.2) is 0 Å². The third-order valence-corrected chi connectivity index (χ3v) is 5.83. The van der Waals surface area contributed by atoms with Gasteiger partial charge >= 0.3 is 0 Å². The molecule has 6 nitrogen and oxygen atoms in total. The lowest BCUT2D eigenvalue weighted by Gasteiger charge is -2.35. The van der Waals surface area contributed by atoms with Gasteiger partial charge in [0.2, 0.25) is 10.0 Å². The molecule has 1 aliphatic heterocycles. The number of hydrogen-bond acceptors (Lipinski definition) is 4. The highest BCUT2D eigenvalue weighted by atomic mass is 32.2. The molecule has 136 valence electrons. The van der Waals surface area contributed by atoms with Crippen LogP contribution < -0.4 is 5.32 Å². The van der Waals surface area contributed by atoms with Gasteiger partial charge in [-0.15, -0.1) is 0 Å². The number of sulfonamides is 1. The number of hydrogen-bond donors (Lipinski definition) is 1. The van der Waals surface area contributed by atoms with Crippen LogP contribution in [0.5, 0.6) is 0 Å². The van der Waals surface area contributed by atoms with Gasteiger partial charge in [0, 0.05) is 25.8 Å². The first-order valence-corrected chi connectivity index (χ1v) is 9.10. The van der Waals surface area contributed by atoms with E-state index >= 15 is 0 Å². The average Bonchev–Trinajstić information content (AvgIpc) is 3.03. The Balaban J connectivity index is 1.92. The van der Waals surface area contributed by atoms with Gasteiger partial charge < -0.3 is 5.32 Å². The lowest BCUT2D eigenvalue weighted by Crippen LogP contribution is -2.48. The number of benzene rings is 1. The first kappa shape index (κ1) is 17.9. The fourth-order valence-corrected chi connectivity index (χ4v) is 4.39. The van der Waals surface area contributed by atoms with Crippen LogP contribution in [0.3, 0.4) is 0 Å². The molecule has 0 amide bonds. The van der Waals surface area contributed by atoms with Crippen molar-refractivity contribution in [2.75, 3.05) is 19.6 Å². The van der Waals surface area contributed by atoms with Gasteiger partial charge in [0.05, 0.1) is 12.2 Å². The minimum Gasteiger partial charge on any atom is -0.313 e. The Labute approximate surface area is 143 Å². The summed E-state index contributed by atoms with van der Waals surface area (Å²) >= 11 is 0. The highest BCUT2D eigenvalue weighted by Crippen LogP contribution is 2.29. The number of piperazine rings is 1. The molecular formula is C15H17F3N4O2S. The van der Waals surface area contributed by atoms with Crippen molar-refractivity contribution in [1.29, 1.82) is 0 Å². The molecule has 0 bridgehead atoms. The monoisotopic (exact) mass is 374 g/mol. The molecule has 1 atom stereocenters. The minimum absolute atomic E-state index is 0.156. The molecule has 25 heavy (non-hydrogen) atoms. The lowest BCUT2D eigenvalue weighted by molar-refractivity contribution is 0.121. The van der Waals surface area contributed by atoms with Crippen LogP contribution in [0.15, 0.2) is 41.6 Å². The third-order valence-electron chi connectivity index (χ3n) is 3.97. The van der Waals surface area contributed by atoms with Crippen LogP contribution in [-0.2, 0) is 16.6 Å². The van der Waals surface area contributed by atoms with Crippen molar-refractivity contribution in [2.24, 2.45) is 0 Å². The molecule has 2 heterocycles. The van der Waals surface area contributed by atoms with Gasteiger partial charge in [-0.25, -0.2) is 21.6 Å². The summed E-state index contributed by atoms with van der Waals surface area (Å²) in [6, 6.07) is 5.16. The largest absolute Gasteiger partial charge is 0.313 e. The Morgan fingerprint density at radius 2 is 2.16 bits per heavy atom. The predicted molar refractivity (Wildman–Crippen MR) is 84.1 cm³/mol. The van der Waals surface area contributed by atoms with E-state index < -0.39 is 34.9 Å². The molecule has 1 aromatic heterocycles. The zero-order valence-electron chi connectivity index (χ0n) is 13.1. The van der Waals surface area contributed by atoms with Crippen LogP contribution >= 0.6 is 0 Å². The van der Waals surface area contributed by atoms with Crippen LogP contribution in [0.4, 0.5) is 13.2 Å². The Kier molecular flexibility index (Phi) is 5.11. The van der Waals surface area contributed by atoms with Crippen LogP contribution in [0.1, 0.15) is 11.6 Å². The van der Waals surface area contributed by atoms with E-state index in [1.807, 2.05) is 0 Å². The molecule has 0 saturated carbocycles. The normalized spacial score (nSPS) is 19.4. The molecule has 1 aliphatic rings. The molecule has 2 aromatic rings. The van der Waals surface area contributed by atoms with E-state index in [-0.39, 0.29) is 11.4 Å². The van der Waals surface area contributed by atoms with Crippen molar-refractivity contribution in [1.82, 2.24) is 19.4 Å². The summed E-state index contributed by atoms with van der Waals surface area (Å²) in [7, 11) is -3.94. The average molecular weight is 374 g/mol. The number of alkyl halides is 2. The Morgan fingerprint density at radius 3 is 2.88 bits per heavy atom. The summed E-state index contributed by atoms with van der Waals surface area (Å²) in [6.07, 6.45) is -0.483. The number of aromatic nitrogens is 2. The summed E-state index contributed by atoms with van der Waals surface area (Å²) in [6.45, 7) is 0.276. The summed E-state index contributed by atoms with van der Waals surface area (Å²) in [5.41, 5.74) is 0.524. The summed E-state index contributed by atoms with van der Waals surface area (Å²) in [5, 5.41) is 6.77. The standard InChI is InChI=1S/C15H17F3N4O2S/c16-12-3-1-2-11(6-12)14-8-19-4-5-22(14)25(23,24)13-7-20-21(9-13)10-15(17)18/h1-3,6-7,9,14-15,19H,4-5,8,10H2. The van der Waals surface area contributed by atoms with E-state index in [2.05, 4.69) is 10.4 Å². The first-order valence-electron chi connectivity index (χ1n) is 7.66. The molecule has 3 rings (SSSR count). The zero-order chi connectivity index (χ0) is 18.0. The molecule has 1 saturated heterocycles. The summed E-state index contributed by atoms with van der Waals surface area (Å²) in [5.74, 6) is -0.454. The molecule has 1 fully saturated rings. The Hall–Kier alpha value is -1.91. The van der Waals surface area contributed by atoms with Crippen molar-refractivity contribution < 1.29 is 21.6 Å². The van der Waals surface area contributed by atoms with E-state index in [0.29, 0.717) is 18.7 Å². The zero-order valence-corrected chi connectivity index (χ0v) is 14.0. The van der Waals surface area contributed by atoms with E-state index in [4.69, 9.17) is 0 Å². The number of halogens is 3. The van der Waals surface area contributed by atoms with Crippen LogP contribution in [-0.4, -0.2) is 48.6 Å². The van der Waals surface area contributed by atoms with E-state index in [9.17, 15) is 21.6 Å². The second kappa shape index (κ2) is 7.14. The van der Waals surface area contributed by atoms with Gasteiger partial charge in [-0.2, -0.15) is 9.40 Å². The Bertz CT molecular complexity index is 841. The van der Waals surface area contributed by atoms with E-state index in [1.165, 1.54) is 22.5 Å². The summed E-state index contributed by atoms with van der Waals surface area (Å²) in [4.78, 5) is -0.156. The number of nitrogens with zero attached hydrogens (tertiary/aromatic N) is 3. The van der Waals surface area contributed by atoms with Crippen molar-refractivity contribution in [2.45, 2.75) is 23.9 Å². The SMILES string of the molecule is O=S(=O)(c1cnn(CC(F)F)c1)N1CCNCC1c1cccc(F)c1. The minimum atomic E-state index is -3.94. The second-order valence-electron chi connectivity index (χ2n) is 5.68. The molecular weight excluding hydrogens is 357 g/mol. The second-order valence-corrected chi connectivity index (χ2v) is 7.57. The van der Waals surface area contributed by atoms with Crippen molar-refractivity contribution in [3.05, 3.63) is 48.0 Å². The maximum atomic E-state index is 13.5. The molecule has 1 aromatic carbocycles. The van der Waals surface area contributed by atoms with Crippen LogP contribution in [0, 0.1) is 5.82 Å². The molecule has 0 radical (unpaired) electrons. The quantitative estimate of drug-likeness (QED) is 0.864. The van der Waals surface area contributed by atoms with Gasteiger partial charge in [-0.1, -0.05) is 12.1 Å². The topological polar surface area (TPSA) is 67.2 Å². The predicted octanol–water partition coefficient (Wildman–Crippen LogP) is 1.62. The molecule has 0 spiro atoms. The van der Waals surface area contributed by atoms with Crippen LogP contribution in [0.2, 0.25) is 0 Å². The molecule has 0 aliphatic carbocycles. The van der Waals surface area contributed by atoms with Crippen LogP contribution in [0.25, 0.3) is 0 Å².